The number of hydrogen-bond donors (Lipinski definition) is 2. The number of carbonyl (C=O) groups is 1. The van der Waals surface area contributed by atoms with Gasteiger partial charge in [0.2, 0.25) is 0 Å². The number of imidazole rings is 1. The zero-order valence-electron chi connectivity index (χ0n) is 12.6. The number of benzene rings is 1. The second-order valence-electron chi connectivity index (χ2n) is 5.17. The summed E-state index contributed by atoms with van der Waals surface area (Å²) in [6, 6.07) is 12.0. The zero-order chi connectivity index (χ0) is 15.9. The summed E-state index contributed by atoms with van der Waals surface area (Å²) < 4.78 is 2.01. The van der Waals surface area contributed by atoms with Crippen LogP contribution in [0.4, 0.5) is 4.79 Å². The van der Waals surface area contributed by atoms with Crippen molar-refractivity contribution in [1.29, 1.82) is 0 Å². The standard InChI is InChI=1S/C17H18N4OS/c22-17(20-11-16-5-2-8-23-16)19-10-14-3-1-4-15(9-14)12-21-7-6-18-13-21/h1-9,13H,10-12H2,(H2,19,20,22). The van der Waals surface area contributed by atoms with Crippen molar-refractivity contribution in [3.8, 4) is 0 Å². The van der Waals surface area contributed by atoms with E-state index in [1.807, 2.05) is 40.4 Å². The summed E-state index contributed by atoms with van der Waals surface area (Å²) in [5.41, 5.74) is 2.26. The Morgan fingerprint density at radius 3 is 2.78 bits per heavy atom. The molecule has 5 nitrogen and oxygen atoms in total. The van der Waals surface area contributed by atoms with Crippen LogP contribution in [0.25, 0.3) is 0 Å². The van der Waals surface area contributed by atoms with E-state index >= 15 is 0 Å². The molecule has 3 rings (SSSR count). The molecular weight excluding hydrogens is 308 g/mol. The Kier molecular flexibility index (Phi) is 5.06. The first-order valence-electron chi connectivity index (χ1n) is 7.37. The second-order valence-corrected chi connectivity index (χ2v) is 6.20. The van der Waals surface area contributed by atoms with E-state index in [1.165, 1.54) is 5.56 Å². The first-order valence-corrected chi connectivity index (χ1v) is 8.25. The van der Waals surface area contributed by atoms with E-state index in [1.54, 1.807) is 23.9 Å². The quantitative estimate of drug-likeness (QED) is 0.731. The van der Waals surface area contributed by atoms with Gasteiger partial charge in [0.15, 0.2) is 0 Å². The highest BCUT2D eigenvalue weighted by Gasteiger charge is 2.02. The minimum Gasteiger partial charge on any atom is -0.334 e. The number of carbonyl (C=O) groups excluding carboxylic acids is 1. The Hall–Kier alpha value is -2.60. The minimum absolute atomic E-state index is 0.154. The van der Waals surface area contributed by atoms with E-state index in [4.69, 9.17) is 0 Å². The third kappa shape index (κ3) is 4.69. The van der Waals surface area contributed by atoms with Crippen LogP contribution in [-0.4, -0.2) is 15.6 Å². The van der Waals surface area contributed by atoms with Gasteiger partial charge in [-0.25, -0.2) is 9.78 Å². The number of nitrogens with one attached hydrogen (secondary N) is 2. The van der Waals surface area contributed by atoms with Gasteiger partial charge in [-0.1, -0.05) is 30.3 Å². The smallest absolute Gasteiger partial charge is 0.315 e. The molecule has 2 amide bonds. The molecule has 0 bridgehead atoms. The SMILES string of the molecule is O=C(NCc1cccc(Cn2ccnc2)c1)NCc1cccs1. The molecular formula is C17H18N4OS. The van der Waals surface area contributed by atoms with E-state index in [2.05, 4.69) is 27.8 Å². The number of urea groups is 1. The minimum atomic E-state index is -0.154. The number of thiophene rings is 1. The van der Waals surface area contributed by atoms with Crippen LogP contribution >= 0.6 is 11.3 Å². The Labute approximate surface area is 139 Å². The molecule has 118 valence electrons. The van der Waals surface area contributed by atoms with Crippen LogP contribution in [0.15, 0.2) is 60.5 Å². The van der Waals surface area contributed by atoms with Gasteiger partial charge in [-0.2, -0.15) is 0 Å². The van der Waals surface area contributed by atoms with Crippen LogP contribution in [0.2, 0.25) is 0 Å². The molecule has 0 aliphatic rings. The van der Waals surface area contributed by atoms with Crippen molar-refractivity contribution in [1.82, 2.24) is 20.2 Å². The van der Waals surface area contributed by atoms with Crippen molar-refractivity contribution in [2.24, 2.45) is 0 Å². The molecule has 2 heterocycles. The number of aromatic nitrogens is 2. The van der Waals surface area contributed by atoms with E-state index in [0.29, 0.717) is 13.1 Å². The highest BCUT2D eigenvalue weighted by molar-refractivity contribution is 7.09. The molecule has 23 heavy (non-hydrogen) atoms. The lowest BCUT2D eigenvalue weighted by molar-refractivity contribution is 0.240. The molecule has 2 N–H and O–H groups in total. The summed E-state index contributed by atoms with van der Waals surface area (Å²) >= 11 is 1.63. The number of rotatable bonds is 6. The summed E-state index contributed by atoms with van der Waals surface area (Å²) in [5, 5.41) is 7.74. The molecule has 3 aromatic rings. The number of hydrogen-bond acceptors (Lipinski definition) is 3. The number of amides is 2. The van der Waals surface area contributed by atoms with Gasteiger partial charge in [0, 0.05) is 30.4 Å². The molecule has 0 saturated carbocycles. The fourth-order valence-electron chi connectivity index (χ4n) is 2.25. The molecule has 6 heteroatoms. The second kappa shape index (κ2) is 7.60. The molecule has 0 aliphatic heterocycles. The molecule has 0 saturated heterocycles. The lowest BCUT2D eigenvalue weighted by atomic mass is 10.1. The van der Waals surface area contributed by atoms with Crippen molar-refractivity contribution < 1.29 is 4.79 Å². The van der Waals surface area contributed by atoms with Crippen molar-refractivity contribution in [2.45, 2.75) is 19.6 Å². The van der Waals surface area contributed by atoms with Crippen LogP contribution in [0.1, 0.15) is 16.0 Å². The molecule has 0 radical (unpaired) electrons. The van der Waals surface area contributed by atoms with Crippen LogP contribution in [0.5, 0.6) is 0 Å². The van der Waals surface area contributed by atoms with Crippen LogP contribution in [-0.2, 0) is 19.6 Å². The molecule has 0 spiro atoms. The highest BCUT2D eigenvalue weighted by atomic mass is 32.1. The average Bonchev–Trinajstić information content (AvgIpc) is 3.25. The Balaban J connectivity index is 1.48. The van der Waals surface area contributed by atoms with E-state index in [0.717, 1.165) is 17.0 Å². The Bertz CT molecular complexity index is 738. The van der Waals surface area contributed by atoms with Gasteiger partial charge in [-0.15, -0.1) is 11.3 Å². The largest absolute Gasteiger partial charge is 0.334 e. The van der Waals surface area contributed by atoms with E-state index in [-0.39, 0.29) is 6.03 Å². The maximum Gasteiger partial charge on any atom is 0.315 e. The van der Waals surface area contributed by atoms with Gasteiger partial charge in [-0.05, 0) is 22.6 Å². The van der Waals surface area contributed by atoms with Crippen molar-refractivity contribution >= 4 is 17.4 Å². The van der Waals surface area contributed by atoms with Gasteiger partial charge in [0.05, 0.1) is 12.9 Å². The van der Waals surface area contributed by atoms with Crippen LogP contribution < -0.4 is 10.6 Å². The van der Waals surface area contributed by atoms with E-state index < -0.39 is 0 Å². The predicted octanol–water partition coefficient (Wildman–Crippen LogP) is 2.99. The summed E-state index contributed by atoms with van der Waals surface area (Å²) in [5.74, 6) is 0. The van der Waals surface area contributed by atoms with Gasteiger partial charge < -0.3 is 15.2 Å². The third-order valence-electron chi connectivity index (χ3n) is 3.37. The lowest BCUT2D eigenvalue weighted by Gasteiger charge is -2.09. The summed E-state index contributed by atoms with van der Waals surface area (Å²) in [6.45, 7) is 1.84. The normalized spacial score (nSPS) is 10.4. The Morgan fingerprint density at radius 2 is 2.00 bits per heavy atom. The van der Waals surface area contributed by atoms with Gasteiger partial charge in [0.25, 0.3) is 0 Å². The fourth-order valence-corrected chi connectivity index (χ4v) is 2.90. The van der Waals surface area contributed by atoms with Crippen molar-refractivity contribution in [3.05, 3.63) is 76.5 Å². The zero-order valence-corrected chi connectivity index (χ0v) is 13.4. The highest BCUT2D eigenvalue weighted by Crippen LogP contribution is 2.08. The van der Waals surface area contributed by atoms with Crippen molar-refractivity contribution in [2.75, 3.05) is 0 Å². The van der Waals surface area contributed by atoms with Gasteiger partial charge in [0.1, 0.15) is 0 Å². The molecule has 2 aromatic heterocycles. The molecule has 0 unspecified atom stereocenters. The monoisotopic (exact) mass is 326 g/mol. The summed E-state index contributed by atoms with van der Waals surface area (Å²) in [4.78, 5) is 17.0. The van der Waals surface area contributed by atoms with Crippen LogP contribution in [0.3, 0.4) is 0 Å². The topological polar surface area (TPSA) is 59.0 Å². The maximum atomic E-state index is 11.8. The van der Waals surface area contributed by atoms with Crippen molar-refractivity contribution in [3.63, 3.8) is 0 Å². The number of nitrogens with zero attached hydrogens (tertiary/aromatic N) is 2. The lowest BCUT2D eigenvalue weighted by Crippen LogP contribution is -2.34. The first-order chi connectivity index (χ1) is 11.3. The summed E-state index contributed by atoms with van der Waals surface area (Å²) in [7, 11) is 0. The maximum absolute atomic E-state index is 11.8. The predicted molar refractivity (Wildman–Crippen MR) is 91.2 cm³/mol. The Morgan fingerprint density at radius 1 is 1.13 bits per heavy atom. The molecule has 0 fully saturated rings. The first kappa shape index (κ1) is 15.3. The molecule has 0 atom stereocenters. The third-order valence-corrected chi connectivity index (χ3v) is 4.25. The average molecular weight is 326 g/mol. The fraction of sp³-hybridized carbons (Fsp3) is 0.176. The summed E-state index contributed by atoms with van der Waals surface area (Å²) in [6.07, 6.45) is 5.50. The van der Waals surface area contributed by atoms with Gasteiger partial charge in [-0.3, -0.25) is 0 Å². The van der Waals surface area contributed by atoms with E-state index in [9.17, 15) is 4.79 Å². The van der Waals surface area contributed by atoms with Gasteiger partial charge >= 0.3 is 6.03 Å². The molecule has 1 aromatic carbocycles. The molecule has 0 aliphatic carbocycles. The van der Waals surface area contributed by atoms with Crippen LogP contribution in [0, 0.1) is 0 Å².